The first-order valence-electron chi connectivity index (χ1n) is 6.97. The van der Waals surface area contributed by atoms with Crippen LogP contribution in [0.4, 0.5) is 23.0 Å². The Hall–Kier alpha value is -3.08. The molecule has 0 aliphatic carbocycles. The summed E-state index contributed by atoms with van der Waals surface area (Å²) in [4.78, 5) is 11.8. The van der Waals surface area contributed by atoms with Gasteiger partial charge in [-0.1, -0.05) is 36.4 Å². The fourth-order valence-electron chi connectivity index (χ4n) is 2.11. The fourth-order valence-corrected chi connectivity index (χ4v) is 2.11. The van der Waals surface area contributed by atoms with E-state index in [0.717, 1.165) is 11.4 Å². The number of benzene rings is 2. The second kappa shape index (κ2) is 6.13. The molecular weight excluding hydrogens is 276 g/mol. The smallest absolute Gasteiger partial charge is 0.245 e. The summed E-state index contributed by atoms with van der Waals surface area (Å²) in [5.41, 5.74) is 1.82. The van der Waals surface area contributed by atoms with E-state index in [1.807, 2.05) is 60.7 Å². The zero-order valence-electron chi connectivity index (χ0n) is 12.2. The molecule has 110 valence electrons. The molecule has 0 amide bonds. The van der Waals surface area contributed by atoms with Crippen LogP contribution in [-0.4, -0.2) is 15.7 Å². The first-order chi connectivity index (χ1) is 10.7. The number of nitrogens with one attached hydrogen (secondary N) is 2. The number of hydrogen-bond acceptors (Lipinski definition) is 4. The number of carbonyl (C=O) groups excluding carboxylic acids is 1. The minimum atomic E-state index is -0.153. The number of nitrogens with zero attached hydrogens (tertiary/aromatic N) is 2. The lowest BCUT2D eigenvalue weighted by Crippen LogP contribution is -2.11. The molecular formula is C17H16N4O. The number of carbonyl (C=O) groups is 1. The highest BCUT2D eigenvalue weighted by molar-refractivity contribution is 5.81. The summed E-state index contributed by atoms with van der Waals surface area (Å²) in [5, 5.41) is 10.7. The van der Waals surface area contributed by atoms with Crippen LogP contribution in [-0.2, 0) is 0 Å². The lowest BCUT2D eigenvalue weighted by molar-refractivity contribution is 0.0924. The molecule has 1 aromatic heterocycles. The summed E-state index contributed by atoms with van der Waals surface area (Å²) in [6.45, 7) is 1.48. The van der Waals surface area contributed by atoms with Crippen molar-refractivity contribution in [3.63, 3.8) is 0 Å². The number of para-hydroxylation sites is 2. The van der Waals surface area contributed by atoms with Crippen molar-refractivity contribution in [3.8, 4) is 0 Å². The monoisotopic (exact) mass is 292 g/mol. The number of anilines is 4. The van der Waals surface area contributed by atoms with Crippen LogP contribution in [0.2, 0.25) is 0 Å². The van der Waals surface area contributed by atoms with Gasteiger partial charge in [-0.25, -0.2) is 0 Å². The lowest BCUT2D eigenvalue weighted by atomic mass is 10.3. The van der Waals surface area contributed by atoms with Crippen LogP contribution in [0.5, 0.6) is 0 Å². The van der Waals surface area contributed by atoms with Gasteiger partial charge in [0, 0.05) is 24.4 Å². The molecule has 0 bridgehead atoms. The van der Waals surface area contributed by atoms with Gasteiger partial charge in [0.25, 0.3) is 0 Å². The van der Waals surface area contributed by atoms with Crippen molar-refractivity contribution in [1.82, 2.24) is 9.78 Å². The average Bonchev–Trinajstić information content (AvgIpc) is 2.92. The maximum Gasteiger partial charge on any atom is 0.245 e. The third-order valence-corrected chi connectivity index (χ3v) is 3.10. The first kappa shape index (κ1) is 13.9. The molecule has 0 aliphatic heterocycles. The van der Waals surface area contributed by atoms with Crippen molar-refractivity contribution in [2.45, 2.75) is 6.92 Å². The highest BCUT2D eigenvalue weighted by Gasteiger charge is 2.11. The minimum absolute atomic E-state index is 0.153. The zero-order valence-corrected chi connectivity index (χ0v) is 12.2. The second-order valence-electron chi connectivity index (χ2n) is 4.83. The highest BCUT2D eigenvalue weighted by atomic mass is 16.2. The van der Waals surface area contributed by atoms with E-state index in [4.69, 9.17) is 0 Å². The van der Waals surface area contributed by atoms with Gasteiger partial charge in [-0.05, 0) is 24.3 Å². The van der Waals surface area contributed by atoms with E-state index >= 15 is 0 Å². The third kappa shape index (κ3) is 3.15. The summed E-state index contributed by atoms with van der Waals surface area (Å²) < 4.78 is 1.35. The largest absolute Gasteiger partial charge is 0.340 e. The Morgan fingerprint density at radius 1 is 0.909 bits per heavy atom. The van der Waals surface area contributed by atoms with E-state index in [2.05, 4.69) is 15.7 Å². The van der Waals surface area contributed by atoms with Crippen molar-refractivity contribution < 1.29 is 4.79 Å². The van der Waals surface area contributed by atoms with E-state index in [1.54, 1.807) is 6.07 Å². The molecule has 0 atom stereocenters. The van der Waals surface area contributed by atoms with Crippen molar-refractivity contribution >= 4 is 28.9 Å². The molecule has 22 heavy (non-hydrogen) atoms. The number of rotatable bonds is 4. The van der Waals surface area contributed by atoms with E-state index in [9.17, 15) is 4.79 Å². The molecule has 0 saturated carbocycles. The molecule has 2 N–H and O–H groups in total. The Labute approximate surface area is 128 Å². The molecule has 0 saturated heterocycles. The maximum absolute atomic E-state index is 11.8. The SMILES string of the molecule is CC(=O)n1nc(Nc2ccccc2)cc1Nc1ccccc1. The second-order valence-corrected chi connectivity index (χ2v) is 4.83. The van der Waals surface area contributed by atoms with E-state index in [0.29, 0.717) is 11.6 Å². The number of hydrogen-bond donors (Lipinski definition) is 2. The van der Waals surface area contributed by atoms with E-state index in [-0.39, 0.29) is 5.91 Å². The Morgan fingerprint density at radius 2 is 1.45 bits per heavy atom. The van der Waals surface area contributed by atoms with Crippen molar-refractivity contribution in [2.24, 2.45) is 0 Å². The van der Waals surface area contributed by atoms with Gasteiger partial charge in [-0.2, -0.15) is 4.68 Å². The summed E-state index contributed by atoms with van der Waals surface area (Å²) >= 11 is 0. The Balaban J connectivity index is 1.87. The van der Waals surface area contributed by atoms with Crippen LogP contribution in [0.15, 0.2) is 66.7 Å². The van der Waals surface area contributed by atoms with Crippen molar-refractivity contribution in [1.29, 1.82) is 0 Å². The molecule has 3 rings (SSSR count). The van der Waals surface area contributed by atoms with Crippen LogP contribution in [0.25, 0.3) is 0 Å². The lowest BCUT2D eigenvalue weighted by Gasteiger charge is -2.06. The molecule has 0 fully saturated rings. The van der Waals surface area contributed by atoms with Gasteiger partial charge in [-0.15, -0.1) is 5.10 Å². The fraction of sp³-hybridized carbons (Fsp3) is 0.0588. The van der Waals surface area contributed by atoms with E-state index in [1.165, 1.54) is 11.6 Å². The van der Waals surface area contributed by atoms with Gasteiger partial charge < -0.3 is 10.6 Å². The van der Waals surface area contributed by atoms with Gasteiger partial charge in [0.15, 0.2) is 5.82 Å². The van der Waals surface area contributed by atoms with Gasteiger partial charge in [0.1, 0.15) is 5.82 Å². The average molecular weight is 292 g/mol. The topological polar surface area (TPSA) is 59.0 Å². The van der Waals surface area contributed by atoms with Crippen LogP contribution >= 0.6 is 0 Å². The van der Waals surface area contributed by atoms with Crippen molar-refractivity contribution in [3.05, 3.63) is 66.7 Å². The summed E-state index contributed by atoms with van der Waals surface area (Å²) in [5.74, 6) is 1.08. The summed E-state index contributed by atoms with van der Waals surface area (Å²) in [7, 11) is 0. The van der Waals surface area contributed by atoms with Gasteiger partial charge in [-0.3, -0.25) is 4.79 Å². The molecule has 2 aromatic carbocycles. The predicted molar refractivity (Wildman–Crippen MR) is 88.0 cm³/mol. The Bertz CT molecular complexity index is 766. The molecule has 3 aromatic rings. The van der Waals surface area contributed by atoms with Crippen LogP contribution in [0.1, 0.15) is 11.7 Å². The molecule has 0 aliphatic rings. The standard InChI is InChI=1S/C17H16N4O/c1-13(22)21-17(19-15-10-6-3-7-11-15)12-16(20-21)18-14-8-4-2-5-9-14/h2-12,19H,1H3,(H,18,20). The molecule has 0 unspecified atom stereocenters. The van der Waals surface area contributed by atoms with Gasteiger partial charge >= 0.3 is 0 Å². The van der Waals surface area contributed by atoms with E-state index < -0.39 is 0 Å². The van der Waals surface area contributed by atoms with Crippen LogP contribution in [0.3, 0.4) is 0 Å². The summed E-state index contributed by atoms with van der Waals surface area (Å²) in [6.07, 6.45) is 0. The third-order valence-electron chi connectivity index (χ3n) is 3.10. The highest BCUT2D eigenvalue weighted by Crippen LogP contribution is 2.22. The minimum Gasteiger partial charge on any atom is -0.340 e. The maximum atomic E-state index is 11.8. The van der Waals surface area contributed by atoms with Crippen molar-refractivity contribution in [2.75, 3.05) is 10.6 Å². The molecule has 0 radical (unpaired) electrons. The molecule has 5 nitrogen and oxygen atoms in total. The van der Waals surface area contributed by atoms with Crippen LogP contribution < -0.4 is 10.6 Å². The van der Waals surface area contributed by atoms with Crippen LogP contribution in [0, 0.1) is 0 Å². The normalized spacial score (nSPS) is 10.2. The zero-order chi connectivity index (χ0) is 15.4. The predicted octanol–water partition coefficient (Wildman–Crippen LogP) is 4.03. The Morgan fingerprint density at radius 3 is 2.00 bits per heavy atom. The number of aromatic nitrogens is 2. The summed E-state index contributed by atoms with van der Waals surface area (Å²) in [6, 6.07) is 21.2. The molecule has 0 spiro atoms. The quantitative estimate of drug-likeness (QED) is 0.762. The Kier molecular flexibility index (Phi) is 3.87. The van der Waals surface area contributed by atoms with Gasteiger partial charge in [0.2, 0.25) is 5.91 Å². The molecule has 1 heterocycles. The first-order valence-corrected chi connectivity index (χ1v) is 6.97. The molecule has 5 heteroatoms. The van der Waals surface area contributed by atoms with Gasteiger partial charge in [0.05, 0.1) is 0 Å².